The van der Waals surface area contributed by atoms with Gasteiger partial charge in [-0.1, -0.05) is 23.8 Å². The van der Waals surface area contributed by atoms with Crippen molar-refractivity contribution in [2.24, 2.45) is 0 Å². The van der Waals surface area contributed by atoms with E-state index in [9.17, 15) is 0 Å². The van der Waals surface area contributed by atoms with Gasteiger partial charge in [-0.25, -0.2) is 4.98 Å². The zero-order valence-corrected chi connectivity index (χ0v) is 11.1. The van der Waals surface area contributed by atoms with Gasteiger partial charge in [-0.15, -0.1) is 0 Å². The third kappa shape index (κ3) is 2.62. The van der Waals surface area contributed by atoms with E-state index in [1.54, 1.807) is 6.20 Å². The largest absolute Gasteiger partial charge is 0.383 e. The monoisotopic (exact) mass is 241 g/mol. The van der Waals surface area contributed by atoms with E-state index in [4.69, 9.17) is 5.73 Å². The molecular formula is C15H19N3. The fourth-order valence-corrected chi connectivity index (χ4v) is 2.16. The van der Waals surface area contributed by atoms with Crippen molar-refractivity contribution in [3.8, 4) is 0 Å². The van der Waals surface area contributed by atoms with E-state index in [2.05, 4.69) is 49.0 Å². The molecule has 0 radical (unpaired) electrons. The smallest absolute Gasteiger partial charge is 0.128 e. The Hall–Kier alpha value is -2.03. The number of benzene rings is 1. The highest BCUT2D eigenvalue weighted by Crippen LogP contribution is 2.22. The Balaban J connectivity index is 2.22. The predicted octanol–water partition coefficient (Wildman–Crippen LogP) is 2.92. The Morgan fingerprint density at radius 3 is 2.67 bits per heavy atom. The van der Waals surface area contributed by atoms with Crippen LogP contribution in [-0.2, 0) is 6.54 Å². The number of rotatable bonds is 3. The zero-order valence-electron chi connectivity index (χ0n) is 11.1. The van der Waals surface area contributed by atoms with Crippen molar-refractivity contribution >= 4 is 11.5 Å². The molecule has 3 nitrogen and oxygen atoms in total. The minimum absolute atomic E-state index is 0.606. The van der Waals surface area contributed by atoms with Crippen LogP contribution in [0.2, 0.25) is 0 Å². The maximum absolute atomic E-state index is 5.87. The third-order valence-electron chi connectivity index (χ3n) is 3.10. The number of aryl methyl sites for hydroxylation is 2. The molecule has 0 aliphatic heterocycles. The predicted molar refractivity (Wildman–Crippen MR) is 76.7 cm³/mol. The summed E-state index contributed by atoms with van der Waals surface area (Å²) in [5.74, 6) is 0.606. The summed E-state index contributed by atoms with van der Waals surface area (Å²) in [6, 6.07) is 10.4. The van der Waals surface area contributed by atoms with E-state index >= 15 is 0 Å². The summed E-state index contributed by atoms with van der Waals surface area (Å²) in [5, 5.41) is 0. The maximum Gasteiger partial charge on any atom is 0.128 e. The number of hydrogen-bond acceptors (Lipinski definition) is 3. The molecule has 18 heavy (non-hydrogen) atoms. The molecule has 0 aliphatic carbocycles. The van der Waals surface area contributed by atoms with Crippen LogP contribution in [0.1, 0.15) is 16.7 Å². The van der Waals surface area contributed by atoms with Gasteiger partial charge in [0.1, 0.15) is 5.82 Å². The standard InChI is InChI=1S/C15H19N3/c1-11-6-7-14(12(2)9-11)18(3)10-13-5-4-8-17-15(13)16/h4-9H,10H2,1-3H3,(H2,16,17). The summed E-state index contributed by atoms with van der Waals surface area (Å²) in [5.41, 5.74) is 10.7. The Labute approximate surface area is 108 Å². The highest BCUT2D eigenvalue weighted by molar-refractivity contribution is 5.55. The molecule has 2 aromatic rings. The fourth-order valence-electron chi connectivity index (χ4n) is 2.16. The van der Waals surface area contributed by atoms with Crippen molar-refractivity contribution in [3.05, 3.63) is 53.2 Å². The SMILES string of the molecule is Cc1ccc(N(C)Cc2cccnc2N)c(C)c1. The molecule has 0 unspecified atom stereocenters. The first-order valence-electron chi connectivity index (χ1n) is 6.05. The van der Waals surface area contributed by atoms with Gasteiger partial charge in [0.15, 0.2) is 0 Å². The number of hydrogen-bond donors (Lipinski definition) is 1. The third-order valence-corrected chi connectivity index (χ3v) is 3.10. The van der Waals surface area contributed by atoms with Gasteiger partial charge >= 0.3 is 0 Å². The lowest BCUT2D eigenvalue weighted by Gasteiger charge is -2.22. The van der Waals surface area contributed by atoms with Crippen LogP contribution in [0.3, 0.4) is 0 Å². The summed E-state index contributed by atoms with van der Waals surface area (Å²) < 4.78 is 0. The van der Waals surface area contributed by atoms with Gasteiger partial charge in [-0.05, 0) is 31.5 Å². The summed E-state index contributed by atoms with van der Waals surface area (Å²) in [7, 11) is 2.07. The quantitative estimate of drug-likeness (QED) is 0.898. The van der Waals surface area contributed by atoms with Crippen LogP contribution in [0.4, 0.5) is 11.5 Å². The maximum atomic E-state index is 5.87. The van der Waals surface area contributed by atoms with Crippen molar-refractivity contribution in [1.82, 2.24) is 4.98 Å². The minimum Gasteiger partial charge on any atom is -0.383 e. The minimum atomic E-state index is 0.606. The number of nitrogens with zero attached hydrogens (tertiary/aromatic N) is 2. The van der Waals surface area contributed by atoms with Crippen LogP contribution in [-0.4, -0.2) is 12.0 Å². The molecule has 0 aliphatic rings. The van der Waals surface area contributed by atoms with Gasteiger partial charge in [0.25, 0.3) is 0 Å². The first-order chi connectivity index (χ1) is 8.58. The molecule has 0 saturated carbocycles. The number of pyridine rings is 1. The molecule has 2 rings (SSSR count). The van der Waals surface area contributed by atoms with E-state index in [0.29, 0.717) is 5.82 Å². The fraction of sp³-hybridized carbons (Fsp3) is 0.267. The van der Waals surface area contributed by atoms with Crippen molar-refractivity contribution in [3.63, 3.8) is 0 Å². The normalized spacial score (nSPS) is 10.4. The number of nitrogen functional groups attached to an aromatic ring is 1. The second-order valence-corrected chi connectivity index (χ2v) is 4.69. The summed E-state index contributed by atoms with van der Waals surface area (Å²) in [4.78, 5) is 6.31. The van der Waals surface area contributed by atoms with E-state index < -0.39 is 0 Å². The van der Waals surface area contributed by atoms with Gasteiger partial charge < -0.3 is 10.6 Å². The zero-order chi connectivity index (χ0) is 13.1. The molecule has 0 atom stereocenters. The van der Waals surface area contributed by atoms with Crippen LogP contribution in [0.5, 0.6) is 0 Å². The van der Waals surface area contributed by atoms with E-state index in [1.807, 2.05) is 12.1 Å². The lowest BCUT2D eigenvalue weighted by Crippen LogP contribution is -2.18. The molecule has 0 spiro atoms. The Kier molecular flexibility index (Phi) is 3.51. The molecule has 1 aromatic heterocycles. The Bertz CT molecular complexity index is 549. The van der Waals surface area contributed by atoms with Crippen LogP contribution >= 0.6 is 0 Å². The highest BCUT2D eigenvalue weighted by Gasteiger charge is 2.07. The molecule has 0 bridgehead atoms. The van der Waals surface area contributed by atoms with Crippen molar-refractivity contribution in [1.29, 1.82) is 0 Å². The van der Waals surface area contributed by atoms with Gasteiger partial charge in [-0.2, -0.15) is 0 Å². The second-order valence-electron chi connectivity index (χ2n) is 4.69. The van der Waals surface area contributed by atoms with Crippen LogP contribution < -0.4 is 10.6 Å². The Morgan fingerprint density at radius 2 is 2.00 bits per heavy atom. The second kappa shape index (κ2) is 5.08. The number of aromatic nitrogens is 1. The van der Waals surface area contributed by atoms with Crippen molar-refractivity contribution in [2.75, 3.05) is 17.7 Å². The average molecular weight is 241 g/mol. The van der Waals surface area contributed by atoms with Crippen molar-refractivity contribution < 1.29 is 0 Å². The van der Waals surface area contributed by atoms with Gasteiger partial charge in [-0.3, -0.25) is 0 Å². The van der Waals surface area contributed by atoms with Gasteiger partial charge in [0.2, 0.25) is 0 Å². The highest BCUT2D eigenvalue weighted by atomic mass is 15.1. The average Bonchev–Trinajstić information content (AvgIpc) is 2.32. The summed E-state index contributed by atoms with van der Waals surface area (Å²) in [6.07, 6.45) is 1.72. The molecule has 0 amide bonds. The van der Waals surface area contributed by atoms with E-state index in [1.165, 1.54) is 16.8 Å². The van der Waals surface area contributed by atoms with Gasteiger partial charge in [0.05, 0.1) is 0 Å². The van der Waals surface area contributed by atoms with Crippen molar-refractivity contribution in [2.45, 2.75) is 20.4 Å². The Morgan fingerprint density at radius 1 is 1.22 bits per heavy atom. The van der Waals surface area contributed by atoms with Crippen LogP contribution in [0.15, 0.2) is 36.5 Å². The van der Waals surface area contributed by atoms with Gasteiger partial charge in [0, 0.05) is 31.0 Å². The lowest BCUT2D eigenvalue weighted by atomic mass is 10.1. The molecule has 1 aromatic carbocycles. The summed E-state index contributed by atoms with van der Waals surface area (Å²) >= 11 is 0. The van der Waals surface area contributed by atoms with E-state index in [0.717, 1.165) is 12.1 Å². The molecule has 2 N–H and O–H groups in total. The van der Waals surface area contributed by atoms with E-state index in [-0.39, 0.29) is 0 Å². The molecule has 94 valence electrons. The topological polar surface area (TPSA) is 42.2 Å². The number of anilines is 2. The molecular weight excluding hydrogens is 222 g/mol. The first kappa shape index (κ1) is 12.4. The van der Waals surface area contributed by atoms with Crippen LogP contribution in [0, 0.1) is 13.8 Å². The number of nitrogens with two attached hydrogens (primary N) is 1. The molecule has 1 heterocycles. The molecule has 0 fully saturated rings. The first-order valence-corrected chi connectivity index (χ1v) is 6.05. The summed E-state index contributed by atoms with van der Waals surface area (Å²) in [6.45, 7) is 5.00. The molecule has 3 heteroatoms. The lowest BCUT2D eigenvalue weighted by molar-refractivity contribution is 0.913. The van der Waals surface area contributed by atoms with Crippen LogP contribution in [0.25, 0.3) is 0 Å². The molecule has 0 saturated heterocycles.